The molecule has 0 radical (unpaired) electrons. The molecule has 1 heterocycles. The molecule has 5 rings (SSSR count). The van der Waals surface area contributed by atoms with E-state index in [9.17, 15) is 9.90 Å². The van der Waals surface area contributed by atoms with Crippen LogP contribution in [0.2, 0.25) is 0 Å². The summed E-state index contributed by atoms with van der Waals surface area (Å²) in [5, 5.41) is 13.4. The van der Waals surface area contributed by atoms with Crippen LogP contribution in [0.4, 0.5) is 5.69 Å². The second-order valence-electron chi connectivity index (χ2n) is 7.63. The van der Waals surface area contributed by atoms with E-state index in [-0.39, 0.29) is 17.9 Å². The Kier molecular flexibility index (Phi) is 4.36. The van der Waals surface area contributed by atoms with Gasteiger partial charge >= 0.3 is 5.97 Å². The lowest BCUT2D eigenvalue weighted by Crippen LogP contribution is -2.31. The molecule has 146 valence electrons. The van der Waals surface area contributed by atoms with Crippen LogP contribution in [0.1, 0.15) is 44.6 Å². The molecule has 0 amide bonds. The van der Waals surface area contributed by atoms with Crippen LogP contribution < -0.4 is 10.1 Å². The van der Waals surface area contributed by atoms with E-state index in [0.29, 0.717) is 11.3 Å². The minimum Gasteiger partial charge on any atom is -0.496 e. The Morgan fingerprint density at radius 1 is 1.07 bits per heavy atom. The summed E-state index contributed by atoms with van der Waals surface area (Å²) in [5.74, 6) is 0.304. The van der Waals surface area contributed by atoms with Crippen molar-refractivity contribution in [1.29, 1.82) is 0 Å². The molecule has 2 aliphatic rings. The van der Waals surface area contributed by atoms with Crippen molar-refractivity contribution >= 4 is 27.6 Å². The SMILES string of the molecule is COc1ccc(Br)cc1[C@@H]1Nc2c(C(=O)O)cccc2[C@@H]2c3ccccc3C[C@@H]21. The standard InChI is InChI=1S/C24H20BrNO3/c1-29-20-10-9-14(25)12-18(20)23-19-11-13-5-2-3-6-15(13)21(19)16-7-4-8-17(24(27)28)22(16)26-23/h2-10,12,19,21,23,26H,11H2,1H3,(H,27,28)/t19-,21-,23-/m0/s1. The van der Waals surface area contributed by atoms with Gasteiger partial charge in [-0.25, -0.2) is 4.79 Å². The molecule has 0 saturated heterocycles. The fourth-order valence-corrected chi connectivity index (χ4v) is 5.40. The van der Waals surface area contributed by atoms with Crippen LogP contribution in [0.3, 0.4) is 0 Å². The van der Waals surface area contributed by atoms with Gasteiger partial charge in [0.05, 0.1) is 24.4 Å². The number of benzene rings is 3. The summed E-state index contributed by atoms with van der Waals surface area (Å²) in [7, 11) is 1.67. The minimum atomic E-state index is -0.918. The Labute approximate surface area is 177 Å². The minimum absolute atomic E-state index is 0.0622. The van der Waals surface area contributed by atoms with E-state index in [1.165, 1.54) is 11.1 Å². The summed E-state index contributed by atoms with van der Waals surface area (Å²) in [6.07, 6.45) is 0.935. The molecule has 0 spiro atoms. The predicted molar refractivity (Wildman–Crippen MR) is 116 cm³/mol. The molecule has 0 fully saturated rings. The molecule has 0 saturated carbocycles. The number of ether oxygens (including phenoxy) is 1. The van der Waals surface area contributed by atoms with E-state index >= 15 is 0 Å². The van der Waals surface area contributed by atoms with Crippen molar-refractivity contribution in [2.24, 2.45) is 5.92 Å². The Balaban J connectivity index is 1.75. The molecule has 1 aliphatic heterocycles. The third-order valence-electron chi connectivity index (χ3n) is 6.19. The molecule has 4 nitrogen and oxygen atoms in total. The summed E-state index contributed by atoms with van der Waals surface area (Å²) in [6, 6.07) is 20.0. The number of hydrogen-bond donors (Lipinski definition) is 2. The third-order valence-corrected chi connectivity index (χ3v) is 6.68. The first kappa shape index (κ1) is 18.3. The van der Waals surface area contributed by atoms with Gasteiger partial charge in [-0.3, -0.25) is 0 Å². The van der Waals surface area contributed by atoms with Gasteiger partial charge in [0.1, 0.15) is 5.75 Å². The molecule has 5 heteroatoms. The number of carbonyl (C=O) groups is 1. The van der Waals surface area contributed by atoms with Gasteiger partial charge in [0.25, 0.3) is 0 Å². The Morgan fingerprint density at radius 2 is 1.86 bits per heavy atom. The summed E-state index contributed by atoms with van der Waals surface area (Å²) in [5.41, 5.74) is 5.74. The van der Waals surface area contributed by atoms with Crippen molar-refractivity contribution < 1.29 is 14.6 Å². The van der Waals surface area contributed by atoms with Gasteiger partial charge in [-0.1, -0.05) is 52.3 Å². The average Bonchev–Trinajstić information content (AvgIpc) is 3.12. The van der Waals surface area contributed by atoms with Gasteiger partial charge in [-0.15, -0.1) is 0 Å². The van der Waals surface area contributed by atoms with Gasteiger partial charge in [0.15, 0.2) is 0 Å². The van der Waals surface area contributed by atoms with E-state index < -0.39 is 5.97 Å². The van der Waals surface area contributed by atoms with E-state index in [1.807, 2.05) is 18.2 Å². The third kappa shape index (κ3) is 2.84. The molecule has 3 aromatic carbocycles. The van der Waals surface area contributed by atoms with Crippen LogP contribution >= 0.6 is 15.9 Å². The van der Waals surface area contributed by atoms with Crippen molar-refractivity contribution in [3.05, 3.63) is 93.0 Å². The molecule has 3 aromatic rings. The molecule has 0 unspecified atom stereocenters. The maximum atomic E-state index is 12.0. The Hall–Kier alpha value is -2.79. The highest BCUT2D eigenvalue weighted by Crippen LogP contribution is 2.55. The Bertz CT molecular complexity index is 1130. The molecule has 29 heavy (non-hydrogen) atoms. The monoisotopic (exact) mass is 449 g/mol. The van der Waals surface area contributed by atoms with E-state index in [4.69, 9.17) is 4.74 Å². The number of hydrogen-bond acceptors (Lipinski definition) is 3. The maximum Gasteiger partial charge on any atom is 0.337 e. The van der Waals surface area contributed by atoms with Gasteiger partial charge in [0, 0.05) is 16.0 Å². The van der Waals surface area contributed by atoms with Crippen molar-refractivity contribution in [2.75, 3.05) is 12.4 Å². The zero-order valence-corrected chi connectivity index (χ0v) is 17.4. The number of nitrogens with one attached hydrogen (secondary N) is 1. The molecular formula is C24H20BrNO3. The number of para-hydroxylation sites is 1. The topological polar surface area (TPSA) is 58.6 Å². The van der Waals surface area contributed by atoms with Crippen molar-refractivity contribution in [2.45, 2.75) is 18.4 Å². The van der Waals surface area contributed by atoms with Crippen molar-refractivity contribution in [3.63, 3.8) is 0 Å². The number of carboxylic acids is 1. The summed E-state index contributed by atoms with van der Waals surface area (Å²) < 4.78 is 6.64. The largest absolute Gasteiger partial charge is 0.496 e. The lowest BCUT2D eigenvalue weighted by Gasteiger charge is -2.39. The van der Waals surface area contributed by atoms with Crippen molar-refractivity contribution in [3.8, 4) is 5.75 Å². The molecule has 1 aliphatic carbocycles. The second kappa shape index (κ2) is 6.92. The van der Waals surface area contributed by atoms with Crippen LogP contribution in [0.25, 0.3) is 0 Å². The van der Waals surface area contributed by atoms with Gasteiger partial charge in [0.2, 0.25) is 0 Å². The molecular weight excluding hydrogens is 430 g/mol. The highest BCUT2D eigenvalue weighted by atomic mass is 79.9. The van der Waals surface area contributed by atoms with E-state index in [0.717, 1.165) is 27.8 Å². The fourth-order valence-electron chi connectivity index (χ4n) is 5.02. The summed E-state index contributed by atoms with van der Waals surface area (Å²) in [6.45, 7) is 0. The molecule has 2 N–H and O–H groups in total. The lowest BCUT2D eigenvalue weighted by molar-refractivity contribution is 0.0697. The highest BCUT2D eigenvalue weighted by Gasteiger charge is 2.45. The first-order chi connectivity index (χ1) is 14.1. The van der Waals surface area contributed by atoms with Crippen molar-refractivity contribution in [1.82, 2.24) is 0 Å². The first-order valence-electron chi connectivity index (χ1n) is 9.62. The van der Waals surface area contributed by atoms with Crippen LogP contribution in [0.5, 0.6) is 5.75 Å². The highest BCUT2D eigenvalue weighted by molar-refractivity contribution is 9.10. The summed E-state index contributed by atoms with van der Waals surface area (Å²) >= 11 is 3.59. The number of carboxylic acid groups (broad SMARTS) is 1. The number of anilines is 1. The van der Waals surface area contributed by atoms with Crippen LogP contribution in [0, 0.1) is 5.92 Å². The molecule has 0 bridgehead atoms. The average molecular weight is 450 g/mol. The molecule has 0 aromatic heterocycles. The quantitative estimate of drug-likeness (QED) is 0.544. The number of fused-ring (bicyclic) bond motifs is 5. The van der Waals surface area contributed by atoms with Gasteiger partial charge < -0.3 is 15.2 Å². The number of halogens is 1. The lowest BCUT2D eigenvalue weighted by atomic mass is 9.75. The van der Waals surface area contributed by atoms with Crippen LogP contribution in [0.15, 0.2) is 65.1 Å². The first-order valence-corrected chi connectivity index (χ1v) is 10.4. The normalized spacial score (nSPS) is 21.5. The second-order valence-corrected chi connectivity index (χ2v) is 8.54. The van der Waals surface area contributed by atoms with Crippen LogP contribution in [-0.4, -0.2) is 18.2 Å². The number of aromatic carboxylic acids is 1. The van der Waals surface area contributed by atoms with E-state index in [1.54, 1.807) is 13.2 Å². The Morgan fingerprint density at radius 3 is 2.66 bits per heavy atom. The predicted octanol–water partition coefficient (Wildman–Crippen LogP) is 5.63. The van der Waals surface area contributed by atoms with Gasteiger partial charge in [-0.2, -0.15) is 0 Å². The smallest absolute Gasteiger partial charge is 0.337 e. The maximum absolute atomic E-state index is 12.0. The number of rotatable bonds is 3. The number of methoxy groups -OCH3 is 1. The fraction of sp³-hybridized carbons (Fsp3) is 0.208. The van der Waals surface area contributed by atoms with Gasteiger partial charge in [-0.05, 0) is 53.3 Å². The summed E-state index contributed by atoms with van der Waals surface area (Å²) in [4.78, 5) is 12.0. The molecule has 3 atom stereocenters. The van der Waals surface area contributed by atoms with E-state index in [2.05, 4.69) is 57.6 Å². The zero-order valence-electron chi connectivity index (χ0n) is 15.9. The zero-order chi connectivity index (χ0) is 20.1. The van der Waals surface area contributed by atoms with Crippen LogP contribution in [-0.2, 0) is 6.42 Å².